The normalized spacial score (nSPS) is 12.0. The Labute approximate surface area is 141 Å². The predicted octanol–water partition coefficient (Wildman–Crippen LogP) is 6.83. The van der Waals surface area contributed by atoms with Crippen molar-refractivity contribution >= 4 is 8.56 Å². The maximum absolute atomic E-state index is 5.89. The van der Waals surface area contributed by atoms with Crippen molar-refractivity contribution in [2.45, 2.75) is 110 Å². The fourth-order valence-corrected chi connectivity index (χ4v) is 5.57. The third-order valence-electron chi connectivity index (χ3n) is 4.38. The third kappa shape index (κ3) is 13.8. The summed E-state index contributed by atoms with van der Waals surface area (Å²) < 4.78 is 11.8. The van der Waals surface area contributed by atoms with Crippen LogP contribution in [-0.4, -0.2) is 21.8 Å². The average Bonchev–Trinajstić information content (AvgIpc) is 2.49. The van der Waals surface area contributed by atoms with Crippen LogP contribution >= 0.6 is 0 Å². The Bertz CT molecular complexity index is 215. The van der Waals surface area contributed by atoms with Crippen LogP contribution in [0.1, 0.15) is 97.8 Å². The van der Waals surface area contributed by atoms with E-state index >= 15 is 0 Å². The Morgan fingerprint density at radius 3 is 1.27 bits per heavy atom. The van der Waals surface area contributed by atoms with Gasteiger partial charge in [0, 0.05) is 13.2 Å². The lowest BCUT2D eigenvalue weighted by Gasteiger charge is -2.25. The molecule has 2 nitrogen and oxygen atoms in total. The van der Waals surface area contributed by atoms with Crippen LogP contribution in [0, 0.1) is 0 Å². The van der Waals surface area contributed by atoms with Crippen molar-refractivity contribution in [2.24, 2.45) is 0 Å². The zero-order valence-corrected chi connectivity index (χ0v) is 16.9. The first kappa shape index (κ1) is 22.1. The van der Waals surface area contributed by atoms with Gasteiger partial charge < -0.3 is 8.85 Å². The van der Waals surface area contributed by atoms with Gasteiger partial charge in [-0.3, -0.25) is 0 Å². The number of hydrogen-bond acceptors (Lipinski definition) is 2. The van der Waals surface area contributed by atoms with E-state index in [1.807, 2.05) is 0 Å². The molecule has 0 atom stereocenters. The van der Waals surface area contributed by atoms with Gasteiger partial charge in [0.1, 0.15) is 0 Å². The Hall–Kier alpha value is 0.137. The molecule has 0 saturated heterocycles. The maximum Gasteiger partial charge on any atom is 0.334 e. The summed E-state index contributed by atoms with van der Waals surface area (Å²) in [5.74, 6) is 0. The van der Waals surface area contributed by atoms with Gasteiger partial charge >= 0.3 is 8.56 Å². The average molecular weight is 331 g/mol. The molecule has 0 aliphatic carbocycles. The summed E-state index contributed by atoms with van der Waals surface area (Å²) in [5.41, 5.74) is 0. The van der Waals surface area contributed by atoms with Crippen LogP contribution in [0.5, 0.6) is 0 Å². The molecule has 22 heavy (non-hydrogen) atoms. The SMILES string of the molecule is CCCCCCCCCCCCCC[Si](C)(OCC)OCC. The van der Waals surface area contributed by atoms with E-state index in [2.05, 4.69) is 27.3 Å². The number of rotatable bonds is 17. The van der Waals surface area contributed by atoms with E-state index in [0.29, 0.717) is 0 Å². The highest BCUT2D eigenvalue weighted by Crippen LogP contribution is 2.19. The smallest absolute Gasteiger partial charge is 0.334 e. The van der Waals surface area contributed by atoms with E-state index in [1.54, 1.807) is 0 Å². The molecule has 0 rings (SSSR count). The van der Waals surface area contributed by atoms with E-state index in [4.69, 9.17) is 8.85 Å². The summed E-state index contributed by atoms with van der Waals surface area (Å²) in [6, 6.07) is 1.16. The zero-order chi connectivity index (χ0) is 16.5. The van der Waals surface area contributed by atoms with E-state index in [-0.39, 0.29) is 0 Å². The third-order valence-corrected chi connectivity index (χ3v) is 7.44. The molecule has 134 valence electrons. The molecule has 0 N–H and O–H groups in total. The van der Waals surface area contributed by atoms with Gasteiger partial charge in [0.25, 0.3) is 0 Å². The molecule has 0 bridgehead atoms. The highest BCUT2D eigenvalue weighted by atomic mass is 28.4. The van der Waals surface area contributed by atoms with Crippen molar-refractivity contribution in [3.05, 3.63) is 0 Å². The van der Waals surface area contributed by atoms with Crippen LogP contribution in [0.3, 0.4) is 0 Å². The first-order valence-corrected chi connectivity index (χ1v) is 12.5. The largest absolute Gasteiger partial charge is 0.395 e. The van der Waals surface area contributed by atoms with Gasteiger partial charge in [0.15, 0.2) is 0 Å². The number of unbranched alkanes of at least 4 members (excludes halogenated alkanes) is 11. The zero-order valence-electron chi connectivity index (χ0n) is 15.9. The van der Waals surface area contributed by atoms with Crippen LogP contribution in [0.2, 0.25) is 12.6 Å². The minimum absolute atomic E-state index is 0.793. The van der Waals surface area contributed by atoms with Crippen molar-refractivity contribution in [2.75, 3.05) is 13.2 Å². The summed E-state index contributed by atoms with van der Waals surface area (Å²) in [7, 11) is -1.85. The summed E-state index contributed by atoms with van der Waals surface area (Å²) in [6.45, 7) is 10.2. The lowest BCUT2D eigenvalue weighted by atomic mass is 10.1. The molecule has 0 aliphatic heterocycles. The first-order valence-electron chi connectivity index (χ1n) is 9.96. The van der Waals surface area contributed by atoms with Crippen molar-refractivity contribution in [1.82, 2.24) is 0 Å². The molecule has 0 radical (unpaired) electrons. The molecule has 0 amide bonds. The fraction of sp³-hybridized carbons (Fsp3) is 1.00. The Kier molecular flexibility index (Phi) is 16.1. The lowest BCUT2D eigenvalue weighted by molar-refractivity contribution is 0.188. The maximum atomic E-state index is 5.89. The van der Waals surface area contributed by atoms with E-state index in [1.165, 1.54) is 77.0 Å². The standard InChI is InChI=1S/C19H42O2Si/c1-5-8-9-10-11-12-13-14-15-16-17-18-19-22(4,20-6-2)21-7-3/h5-19H2,1-4H3. The molecular formula is C19H42O2Si. The number of hydrogen-bond donors (Lipinski definition) is 0. The second-order valence-corrected chi connectivity index (χ2v) is 9.98. The van der Waals surface area contributed by atoms with Gasteiger partial charge in [-0.2, -0.15) is 0 Å². The van der Waals surface area contributed by atoms with Gasteiger partial charge in [-0.1, -0.05) is 84.0 Å². The second kappa shape index (κ2) is 16.0. The summed E-state index contributed by atoms with van der Waals surface area (Å²) in [5, 5.41) is 0. The van der Waals surface area contributed by atoms with Crippen LogP contribution in [0.15, 0.2) is 0 Å². The van der Waals surface area contributed by atoms with Gasteiger partial charge in [-0.15, -0.1) is 0 Å². The molecule has 0 unspecified atom stereocenters. The predicted molar refractivity (Wildman–Crippen MR) is 101 cm³/mol. The van der Waals surface area contributed by atoms with Crippen LogP contribution < -0.4 is 0 Å². The van der Waals surface area contributed by atoms with E-state index < -0.39 is 8.56 Å². The molecule has 0 aliphatic rings. The van der Waals surface area contributed by atoms with E-state index in [9.17, 15) is 0 Å². The molecule has 0 aromatic carbocycles. The van der Waals surface area contributed by atoms with E-state index in [0.717, 1.165) is 19.3 Å². The van der Waals surface area contributed by atoms with Gasteiger partial charge in [-0.05, 0) is 26.4 Å². The molecule has 0 aromatic rings. The van der Waals surface area contributed by atoms with Crippen molar-refractivity contribution in [3.63, 3.8) is 0 Å². The molecular weight excluding hydrogens is 288 g/mol. The highest BCUT2D eigenvalue weighted by Gasteiger charge is 2.29. The van der Waals surface area contributed by atoms with Gasteiger partial charge in [0.05, 0.1) is 0 Å². The molecule has 0 saturated carbocycles. The minimum Gasteiger partial charge on any atom is -0.395 e. The van der Waals surface area contributed by atoms with Crippen LogP contribution in [-0.2, 0) is 8.85 Å². The molecule has 0 spiro atoms. The lowest BCUT2D eigenvalue weighted by Crippen LogP contribution is -2.38. The quantitative estimate of drug-likeness (QED) is 0.215. The Morgan fingerprint density at radius 1 is 0.545 bits per heavy atom. The topological polar surface area (TPSA) is 18.5 Å². The second-order valence-electron chi connectivity index (χ2n) is 6.64. The van der Waals surface area contributed by atoms with Crippen LogP contribution in [0.25, 0.3) is 0 Å². The van der Waals surface area contributed by atoms with Crippen molar-refractivity contribution in [1.29, 1.82) is 0 Å². The monoisotopic (exact) mass is 330 g/mol. The summed E-state index contributed by atoms with van der Waals surface area (Å²) in [6.07, 6.45) is 16.9. The minimum atomic E-state index is -1.85. The molecule has 0 heterocycles. The summed E-state index contributed by atoms with van der Waals surface area (Å²) >= 11 is 0. The fourth-order valence-electron chi connectivity index (χ4n) is 3.08. The molecule has 0 fully saturated rings. The van der Waals surface area contributed by atoms with Crippen molar-refractivity contribution in [3.8, 4) is 0 Å². The summed E-state index contributed by atoms with van der Waals surface area (Å²) in [4.78, 5) is 0. The Balaban J connectivity index is 3.34. The molecule has 0 aromatic heterocycles. The Morgan fingerprint density at radius 2 is 0.909 bits per heavy atom. The molecule has 3 heteroatoms. The van der Waals surface area contributed by atoms with Gasteiger partial charge in [0.2, 0.25) is 0 Å². The first-order chi connectivity index (χ1) is 10.7. The highest BCUT2D eigenvalue weighted by molar-refractivity contribution is 6.66. The van der Waals surface area contributed by atoms with Crippen LogP contribution in [0.4, 0.5) is 0 Å². The van der Waals surface area contributed by atoms with Crippen molar-refractivity contribution < 1.29 is 8.85 Å². The van der Waals surface area contributed by atoms with Gasteiger partial charge in [-0.25, -0.2) is 0 Å².